The Kier molecular flexibility index (Phi) is 6.57. The summed E-state index contributed by atoms with van der Waals surface area (Å²) in [5, 5.41) is 2.80. The maximum atomic E-state index is 13.3. The minimum atomic E-state index is -4.07. The van der Waals surface area contributed by atoms with Gasteiger partial charge in [-0.2, -0.15) is 0 Å². The first-order valence-electron chi connectivity index (χ1n) is 8.40. The summed E-state index contributed by atoms with van der Waals surface area (Å²) in [5.41, 5.74) is 0.665. The molecule has 0 saturated heterocycles. The fourth-order valence-electron chi connectivity index (χ4n) is 2.56. The van der Waals surface area contributed by atoms with E-state index in [1.807, 2.05) is 0 Å². The molecule has 10 heteroatoms. The molecule has 5 nitrogen and oxygen atoms in total. The maximum absolute atomic E-state index is 13.3. The third-order valence-electron chi connectivity index (χ3n) is 4.20. The van der Waals surface area contributed by atoms with Crippen molar-refractivity contribution in [3.8, 4) is 0 Å². The molecule has 0 fully saturated rings. The van der Waals surface area contributed by atoms with Crippen molar-refractivity contribution in [1.82, 2.24) is 0 Å². The van der Waals surface area contributed by atoms with Gasteiger partial charge in [-0.3, -0.25) is 9.10 Å². The van der Waals surface area contributed by atoms with Crippen LogP contribution in [0.25, 0.3) is 0 Å². The minimum Gasteiger partial charge on any atom is -0.322 e. The SMILES string of the molecule is CN(c1ccc(Cl)cc1)S(=O)(=O)c1cc(C(=O)Nc2ccc(F)c(Cl)c2)ccc1Cl. The molecule has 1 N–H and O–H groups in total. The van der Waals surface area contributed by atoms with E-state index in [1.54, 1.807) is 24.3 Å². The van der Waals surface area contributed by atoms with Crippen molar-refractivity contribution in [3.05, 3.63) is 87.1 Å². The van der Waals surface area contributed by atoms with Crippen molar-refractivity contribution in [2.45, 2.75) is 4.90 Å². The van der Waals surface area contributed by atoms with Crippen molar-refractivity contribution < 1.29 is 17.6 Å². The van der Waals surface area contributed by atoms with Crippen LogP contribution in [0.2, 0.25) is 15.1 Å². The Labute approximate surface area is 188 Å². The number of rotatable bonds is 5. The largest absolute Gasteiger partial charge is 0.322 e. The summed E-state index contributed by atoms with van der Waals surface area (Å²) in [6, 6.07) is 13.8. The Morgan fingerprint density at radius 3 is 2.23 bits per heavy atom. The van der Waals surface area contributed by atoms with Gasteiger partial charge in [-0.05, 0) is 60.7 Å². The second-order valence-electron chi connectivity index (χ2n) is 6.18. The van der Waals surface area contributed by atoms with Gasteiger partial charge in [0.2, 0.25) is 0 Å². The number of benzene rings is 3. The first-order chi connectivity index (χ1) is 14.1. The lowest BCUT2D eigenvalue weighted by Crippen LogP contribution is -2.27. The topological polar surface area (TPSA) is 66.5 Å². The van der Waals surface area contributed by atoms with Gasteiger partial charge >= 0.3 is 0 Å². The standard InChI is InChI=1S/C20H14Cl3FN2O3S/c1-26(15-6-3-13(21)4-7-15)30(28,29)19-10-12(2-8-16(19)22)20(27)25-14-5-9-18(24)17(23)11-14/h2-11H,1H3,(H,25,27). The summed E-state index contributed by atoms with van der Waals surface area (Å²) in [4.78, 5) is 12.3. The van der Waals surface area contributed by atoms with Crippen molar-refractivity contribution in [2.75, 3.05) is 16.7 Å². The normalized spacial score (nSPS) is 11.2. The second kappa shape index (κ2) is 8.81. The quantitative estimate of drug-likeness (QED) is 0.490. The van der Waals surface area contributed by atoms with Crippen LogP contribution < -0.4 is 9.62 Å². The molecule has 0 aliphatic carbocycles. The van der Waals surface area contributed by atoms with Crippen LogP contribution in [0, 0.1) is 5.82 Å². The maximum Gasteiger partial charge on any atom is 0.265 e. The lowest BCUT2D eigenvalue weighted by atomic mass is 10.2. The highest BCUT2D eigenvalue weighted by atomic mass is 35.5. The molecule has 30 heavy (non-hydrogen) atoms. The summed E-state index contributed by atoms with van der Waals surface area (Å²) < 4.78 is 40.5. The van der Waals surface area contributed by atoms with Crippen LogP contribution in [-0.2, 0) is 10.0 Å². The van der Waals surface area contributed by atoms with E-state index < -0.39 is 21.7 Å². The Hall–Kier alpha value is -2.32. The number of nitrogens with one attached hydrogen (secondary N) is 1. The molecule has 0 spiro atoms. The molecule has 3 aromatic carbocycles. The first-order valence-corrected chi connectivity index (χ1v) is 11.0. The fourth-order valence-corrected chi connectivity index (χ4v) is 4.56. The van der Waals surface area contributed by atoms with Gasteiger partial charge in [0.15, 0.2) is 0 Å². The molecule has 0 bridgehead atoms. The van der Waals surface area contributed by atoms with E-state index in [4.69, 9.17) is 34.8 Å². The summed E-state index contributed by atoms with van der Waals surface area (Å²) in [6.07, 6.45) is 0. The fraction of sp³-hybridized carbons (Fsp3) is 0.0500. The van der Waals surface area contributed by atoms with Gasteiger partial charge in [-0.1, -0.05) is 34.8 Å². The molecule has 156 valence electrons. The number of sulfonamides is 1. The van der Waals surface area contributed by atoms with Crippen LogP contribution in [0.15, 0.2) is 65.6 Å². The smallest absolute Gasteiger partial charge is 0.265 e. The van der Waals surface area contributed by atoms with E-state index >= 15 is 0 Å². The number of hydrogen-bond acceptors (Lipinski definition) is 3. The molecule has 0 heterocycles. The van der Waals surface area contributed by atoms with E-state index in [2.05, 4.69) is 5.32 Å². The number of halogens is 4. The average Bonchev–Trinajstić information content (AvgIpc) is 2.71. The predicted octanol–water partition coefficient (Wildman–Crippen LogP) is 5.86. The molecule has 0 aliphatic heterocycles. The highest BCUT2D eigenvalue weighted by Gasteiger charge is 2.25. The molecule has 0 saturated carbocycles. The van der Waals surface area contributed by atoms with Crippen LogP contribution in [-0.4, -0.2) is 21.4 Å². The van der Waals surface area contributed by atoms with Crippen LogP contribution in [0.3, 0.4) is 0 Å². The summed E-state index contributed by atoms with van der Waals surface area (Å²) >= 11 is 17.7. The third kappa shape index (κ3) is 4.70. The van der Waals surface area contributed by atoms with Gasteiger partial charge in [-0.25, -0.2) is 12.8 Å². The summed E-state index contributed by atoms with van der Waals surface area (Å²) in [7, 11) is -2.71. The lowest BCUT2D eigenvalue weighted by Gasteiger charge is -2.20. The molecule has 3 rings (SSSR count). The van der Waals surface area contributed by atoms with Gasteiger partial charge in [0, 0.05) is 23.3 Å². The molecule has 0 aliphatic rings. The van der Waals surface area contributed by atoms with Crippen LogP contribution in [0.1, 0.15) is 10.4 Å². The first kappa shape index (κ1) is 22.4. The van der Waals surface area contributed by atoms with Crippen molar-refractivity contribution in [3.63, 3.8) is 0 Å². The summed E-state index contributed by atoms with van der Waals surface area (Å²) in [5.74, 6) is -1.24. The Morgan fingerprint density at radius 2 is 1.60 bits per heavy atom. The van der Waals surface area contributed by atoms with Crippen molar-refractivity contribution >= 4 is 62.1 Å². The number of carbonyl (C=O) groups is 1. The Balaban J connectivity index is 1.92. The van der Waals surface area contributed by atoms with Gasteiger partial charge in [-0.15, -0.1) is 0 Å². The monoisotopic (exact) mass is 486 g/mol. The molecule has 1 amide bonds. The molecule has 0 aromatic heterocycles. The number of anilines is 2. The number of amides is 1. The van der Waals surface area contributed by atoms with Crippen LogP contribution in [0.5, 0.6) is 0 Å². The predicted molar refractivity (Wildman–Crippen MR) is 118 cm³/mol. The average molecular weight is 488 g/mol. The second-order valence-corrected chi connectivity index (χ2v) is 9.37. The summed E-state index contributed by atoms with van der Waals surface area (Å²) in [6.45, 7) is 0. The van der Waals surface area contributed by atoms with Crippen molar-refractivity contribution in [1.29, 1.82) is 0 Å². The number of nitrogens with zero attached hydrogens (tertiary/aromatic N) is 1. The van der Waals surface area contributed by atoms with E-state index in [1.165, 1.54) is 37.4 Å². The van der Waals surface area contributed by atoms with E-state index in [-0.39, 0.29) is 26.2 Å². The lowest BCUT2D eigenvalue weighted by molar-refractivity contribution is 0.102. The highest BCUT2D eigenvalue weighted by molar-refractivity contribution is 7.93. The Bertz CT molecular complexity index is 1220. The number of hydrogen-bond donors (Lipinski definition) is 1. The molecular formula is C20H14Cl3FN2O3S. The highest BCUT2D eigenvalue weighted by Crippen LogP contribution is 2.29. The molecule has 3 aromatic rings. The van der Waals surface area contributed by atoms with Crippen LogP contribution in [0.4, 0.5) is 15.8 Å². The van der Waals surface area contributed by atoms with E-state index in [0.29, 0.717) is 10.7 Å². The zero-order chi connectivity index (χ0) is 22.1. The van der Waals surface area contributed by atoms with Gasteiger partial charge in [0.1, 0.15) is 10.7 Å². The molecule has 0 atom stereocenters. The van der Waals surface area contributed by atoms with Gasteiger partial charge in [0.05, 0.1) is 15.7 Å². The molecular weight excluding hydrogens is 474 g/mol. The minimum absolute atomic E-state index is 0.0443. The molecule has 0 radical (unpaired) electrons. The van der Waals surface area contributed by atoms with Crippen molar-refractivity contribution in [2.24, 2.45) is 0 Å². The van der Waals surface area contributed by atoms with E-state index in [0.717, 1.165) is 10.4 Å². The van der Waals surface area contributed by atoms with Gasteiger partial charge in [0.25, 0.3) is 15.9 Å². The molecule has 0 unspecified atom stereocenters. The van der Waals surface area contributed by atoms with E-state index in [9.17, 15) is 17.6 Å². The van der Waals surface area contributed by atoms with Crippen LogP contribution >= 0.6 is 34.8 Å². The number of carbonyl (C=O) groups excluding carboxylic acids is 1. The zero-order valence-electron chi connectivity index (χ0n) is 15.4. The zero-order valence-corrected chi connectivity index (χ0v) is 18.4. The third-order valence-corrected chi connectivity index (χ3v) is 7.01. The van der Waals surface area contributed by atoms with Gasteiger partial charge < -0.3 is 5.32 Å². The Morgan fingerprint density at radius 1 is 0.933 bits per heavy atom.